The molecule has 0 aliphatic rings. The standard InChI is InChI=1S/C19H28N6O/c1-5-20-18(22-14-17(26)24-19(2,3)4)21-13-15-8-6-9-16(12-15)25-11-7-10-23-25/h6-12H,5,13-14H2,1-4H3,(H,24,26)(H2,20,21,22). The molecule has 2 rings (SSSR count). The van der Waals surface area contributed by atoms with E-state index in [0.29, 0.717) is 12.5 Å². The lowest BCUT2D eigenvalue weighted by Crippen LogP contribution is -2.48. The summed E-state index contributed by atoms with van der Waals surface area (Å²) >= 11 is 0. The second-order valence-corrected chi connectivity index (χ2v) is 6.97. The zero-order chi connectivity index (χ0) is 19.0. The summed E-state index contributed by atoms with van der Waals surface area (Å²) in [6.45, 7) is 9.26. The van der Waals surface area contributed by atoms with E-state index in [0.717, 1.165) is 17.8 Å². The number of carbonyl (C=O) groups excluding carboxylic acids is 1. The van der Waals surface area contributed by atoms with Gasteiger partial charge >= 0.3 is 0 Å². The number of benzene rings is 1. The molecule has 1 heterocycles. The largest absolute Gasteiger partial charge is 0.357 e. The number of carbonyl (C=O) groups is 1. The Labute approximate surface area is 154 Å². The van der Waals surface area contributed by atoms with Crippen LogP contribution in [0.2, 0.25) is 0 Å². The Hall–Kier alpha value is -2.83. The molecule has 7 heteroatoms. The van der Waals surface area contributed by atoms with Gasteiger partial charge in [-0.1, -0.05) is 12.1 Å². The van der Waals surface area contributed by atoms with Crippen LogP contribution in [0.5, 0.6) is 0 Å². The van der Waals surface area contributed by atoms with Crippen molar-refractivity contribution < 1.29 is 4.79 Å². The highest BCUT2D eigenvalue weighted by molar-refractivity contribution is 5.86. The van der Waals surface area contributed by atoms with Crippen LogP contribution in [0.15, 0.2) is 47.7 Å². The summed E-state index contributed by atoms with van der Waals surface area (Å²) in [5, 5.41) is 13.4. The maximum Gasteiger partial charge on any atom is 0.239 e. The third-order valence-corrected chi connectivity index (χ3v) is 3.37. The summed E-state index contributed by atoms with van der Waals surface area (Å²) in [5.74, 6) is 0.546. The molecular formula is C19H28N6O. The fourth-order valence-corrected chi connectivity index (χ4v) is 2.36. The predicted molar refractivity (Wildman–Crippen MR) is 104 cm³/mol. The molecule has 26 heavy (non-hydrogen) atoms. The Morgan fingerprint density at radius 3 is 2.69 bits per heavy atom. The highest BCUT2D eigenvalue weighted by atomic mass is 16.2. The van der Waals surface area contributed by atoms with E-state index in [4.69, 9.17) is 0 Å². The van der Waals surface area contributed by atoms with E-state index < -0.39 is 0 Å². The zero-order valence-corrected chi connectivity index (χ0v) is 15.9. The van der Waals surface area contributed by atoms with Gasteiger partial charge in [-0.05, 0) is 51.5 Å². The summed E-state index contributed by atoms with van der Waals surface area (Å²) in [7, 11) is 0. The summed E-state index contributed by atoms with van der Waals surface area (Å²) in [5.41, 5.74) is 1.81. The van der Waals surface area contributed by atoms with Crippen molar-refractivity contribution in [2.75, 3.05) is 13.1 Å². The van der Waals surface area contributed by atoms with E-state index in [1.807, 2.05) is 68.9 Å². The minimum absolute atomic E-state index is 0.0659. The number of nitrogens with zero attached hydrogens (tertiary/aromatic N) is 3. The lowest BCUT2D eigenvalue weighted by Gasteiger charge is -2.21. The van der Waals surface area contributed by atoms with Crippen molar-refractivity contribution >= 4 is 11.9 Å². The Kier molecular flexibility index (Phi) is 6.77. The van der Waals surface area contributed by atoms with Crippen molar-refractivity contribution in [1.29, 1.82) is 0 Å². The number of aromatic nitrogens is 2. The van der Waals surface area contributed by atoms with Gasteiger partial charge in [0.2, 0.25) is 5.91 Å². The zero-order valence-electron chi connectivity index (χ0n) is 15.9. The van der Waals surface area contributed by atoms with Crippen LogP contribution in [0.25, 0.3) is 5.69 Å². The molecule has 140 valence electrons. The van der Waals surface area contributed by atoms with Crippen LogP contribution in [0.4, 0.5) is 0 Å². The van der Waals surface area contributed by atoms with Gasteiger partial charge in [0.1, 0.15) is 0 Å². The molecule has 2 aromatic rings. The number of hydrogen-bond donors (Lipinski definition) is 3. The summed E-state index contributed by atoms with van der Waals surface area (Å²) < 4.78 is 1.81. The molecule has 1 aromatic heterocycles. The van der Waals surface area contributed by atoms with Crippen molar-refractivity contribution in [3.63, 3.8) is 0 Å². The van der Waals surface area contributed by atoms with Gasteiger partial charge < -0.3 is 16.0 Å². The molecular weight excluding hydrogens is 328 g/mol. The first-order valence-corrected chi connectivity index (χ1v) is 8.79. The Morgan fingerprint density at radius 2 is 2.04 bits per heavy atom. The van der Waals surface area contributed by atoms with Gasteiger partial charge in [-0.3, -0.25) is 4.79 Å². The van der Waals surface area contributed by atoms with Crippen molar-refractivity contribution in [3.05, 3.63) is 48.3 Å². The van der Waals surface area contributed by atoms with Crippen molar-refractivity contribution in [2.45, 2.75) is 39.8 Å². The molecule has 0 bridgehead atoms. The summed E-state index contributed by atoms with van der Waals surface area (Å²) in [6, 6.07) is 9.94. The molecule has 7 nitrogen and oxygen atoms in total. The van der Waals surface area contributed by atoms with Gasteiger partial charge in [-0.2, -0.15) is 5.10 Å². The van der Waals surface area contributed by atoms with Gasteiger partial charge in [0.25, 0.3) is 0 Å². The molecule has 0 fully saturated rings. The molecule has 0 saturated carbocycles. The average Bonchev–Trinajstić information content (AvgIpc) is 3.11. The predicted octanol–water partition coefficient (Wildman–Crippen LogP) is 1.84. The smallest absolute Gasteiger partial charge is 0.239 e. The van der Waals surface area contributed by atoms with Gasteiger partial charge in [0.05, 0.1) is 18.8 Å². The molecule has 0 atom stereocenters. The first-order valence-electron chi connectivity index (χ1n) is 8.79. The lowest BCUT2D eigenvalue weighted by atomic mass is 10.1. The van der Waals surface area contributed by atoms with E-state index >= 15 is 0 Å². The molecule has 0 aliphatic carbocycles. The highest BCUT2D eigenvalue weighted by Gasteiger charge is 2.13. The Morgan fingerprint density at radius 1 is 1.23 bits per heavy atom. The van der Waals surface area contributed by atoms with Crippen molar-refractivity contribution in [3.8, 4) is 5.69 Å². The number of guanidine groups is 1. The Bertz CT molecular complexity index is 731. The number of rotatable bonds is 6. The lowest BCUT2D eigenvalue weighted by molar-refractivity contribution is -0.121. The number of aliphatic imine (C=N–C) groups is 1. The Balaban J connectivity index is 1.98. The topological polar surface area (TPSA) is 83.3 Å². The molecule has 0 radical (unpaired) electrons. The van der Waals surface area contributed by atoms with Crippen LogP contribution in [0.1, 0.15) is 33.3 Å². The minimum atomic E-state index is -0.249. The first kappa shape index (κ1) is 19.5. The first-order chi connectivity index (χ1) is 12.4. The van der Waals surface area contributed by atoms with Gasteiger partial charge in [-0.15, -0.1) is 0 Å². The van der Waals surface area contributed by atoms with E-state index in [1.54, 1.807) is 6.20 Å². The third kappa shape index (κ3) is 6.58. The fourth-order valence-electron chi connectivity index (χ4n) is 2.36. The third-order valence-electron chi connectivity index (χ3n) is 3.37. The molecule has 3 N–H and O–H groups in total. The fraction of sp³-hybridized carbons (Fsp3) is 0.421. The maximum absolute atomic E-state index is 12.0. The van der Waals surface area contributed by atoms with Crippen LogP contribution in [0, 0.1) is 0 Å². The van der Waals surface area contributed by atoms with Crippen LogP contribution in [0.3, 0.4) is 0 Å². The molecule has 0 saturated heterocycles. The van der Waals surface area contributed by atoms with Crippen LogP contribution < -0.4 is 16.0 Å². The van der Waals surface area contributed by atoms with Gasteiger partial charge in [0, 0.05) is 24.5 Å². The molecule has 0 spiro atoms. The summed E-state index contributed by atoms with van der Waals surface area (Å²) in [4.78, 5) is 16.5. The molecule has 1 amide bonds. The van der Waals surface area contributed by atoms with Crippen LogP contribution in [-0.4, -0.2) is 40.3 Å². The van der Waals surface area contributed by atoms with Crippen LogP contribution in [-0.2, 0) is 11.3 Å². The SMILES string of the molecule is CCNC(=NCc1cccc(-n2cccn2)c1)NCC(=O)NC(C)(C)C. The quantitative estimate of drug-likeness (QED) is 0.545. The van der Waals surface area contributed by atoms with Crippen molar-refractivity contribution in [1.82, 2.24) is 25.7 Å². The monoisotopic (exact) mass is 356 g/mol. The van der Waals surface area contributed by atoms with E-state index in [2.05, 4.69) is 26.0 Å². The number of nitrogens with one attached hydrogen (secondary N) is 3. The number of amides is 1. The normalized spacial score (nSPS) is 11.9. The molecule has 0 unspecified atom stereocenters. The van der Waals surface area contributed by atoms with Crippen LogP contribution >= 0.6 is 0 Å². The van der Waals surface area contributed by atoms with Gasteiger partial charge in [0.15, 0.2) is 5.96 Å². The van der Waals surface area contributed by atoms with Crippen molar-refractivity contribution in [2.24, 2.45) is 4.99 Å². The van der Waals surface area contributed by atoms with E-state index in [-0.39, 0.29) is 18.0 Å². The minimum Gasteiger partial charge on any atom is -0.357 e. The summed E-state index contributed by atoms with van der Waals surface area (Å²) in [6.07, 6.45) is 3.66. The average molecular weight is 356 g/mol. The highest BCUT2D eigenvalue weighted by Crippen LogP contribution is 2.10. The van der Waals surface area contributed by atoms with E-state index in [9.17, 15) is 4.79 Å². The second-order valence-electron chi connectivity index (χ2n) is 6.97. The molecule has 1 aromatic carbocycles. The maximum atomic E-state index is 12.0. The second kappa shape index (κ2) is 9.03. The van der Waals surface area contributed by atoms with Gasteiger partial charge in [-0.25, -0.2) is 9.67 Å². The molecule has 0 aliphatic heterocycles. The van der Waals surface area contributed by atoms with E-state index in [1.165, 1.54) is 0 Å². The number of hydrogen-bond acceptors (Lipinski definition) is 3.